The number of hydrogen-bond donors (Lipinski definition) is 0. The number of rotatable bonds is 4. The first-order chi connectivity index (χ1) is 15.1. The van der Waals surface area contributed by atoms with Crippen molar-refractivity contribution in [3.05, 3.63) is 88.3 Å². The number of para-hydroxylation sites is 1. The van der Waals surface area contributed by atoms with Gasteiger partial charge < -0.3 is 14.2 Å². The highest BCUT2D eigenvalue weighted by molar-refractivity contribution is 5.78. The number of piperidine rings is 1. The lowest BCUT2D eigenvalue weighted by Crippen LogP contribution is -2.50. The molecule has 0 aliphatic carbocycles. The van der Waals surface area contributed by atoms with Crippen molar-refractivity contribution < 1.29 is 9.53 Å². The van der Waals surface area contributed by atoms with Gasteiger partial charge in [-0.2, -0.15) is 0 Å². The van der Waals surface area contributed by atoms with Crippen LogP contribution in [-0.2, 0) is 11.3 Å². The lowest BCUT2D eigenvalue weighted by molar-refractivity contribution is -0.136. The number of nitrogens with zero attached hydrogens (tertiary/aromatic N) is 2. The number of amides is 1. The van der Waals surface area contributed by atoms with E-state index in [1.807, 2.05) is 77.1 Å². The molecule has 31 heavy (non-hydrogen) atoms. The minimum absolute atomic E-state index is 0.00544. The second-order valence-electron chi connectivity index (χ2n) is 8.60. The Morgan fingerprint density at radius 2 is 1.71 bits per heavy atom. The molecule has 0 saturated carbocycles. The summed E-state index contributed by atoms with van der Waals surface area (Å²) >= 11 is 0. The molecule has 1 fully saturated rings. The van der Waals surface area contributed by atoms with Gasteiger partial charge in [0.2, 0.25) is 0 Å². The Bertz CT molecular complexity index is 1170. The van der Waals surface area contributed by atoms with E-state index in [-0.39, 0.29) is 29.9 Å². The van der Waals surface area contributed by atoms with E-state index >= 15 is 0 Å². The van der Waals surface area contributed by atoms with Gasteiger partial charge in [-0.05, 0) is 54.7 Å². The molecule has 0 radical (unpaired) electrons. The summed E-state index contributed by atoms with van der Waals surface area (Å²) in [5.41, 5.74) is 3.97. The van der Waals surface area contributed by atoms with Gasteiger partial charge in [0.1, 0.15) is 5.75 Å². The molecule has 0 unspecified atom stereocenters. The molecule has 0 N–H and O–H groups in total. The molecule has 1 saturated heterocycles. The SMILES string of the molecule is Cc1ccccc1-c1ccc2n(c1=O)C[C@@H]1C[C@@H]2CN(C(=O)COc2ccccc2)C1. The van der Waals surface area contributed by atoms with Crippen LogP contribution >= 0.6 is 0 Å². The molecule has 2 aromatic carbocycles. The highest BCUT2D eigenvalue weighted by Crippen LogP contribution is 2.36. The maximum absolute atomic E-state index is 13.3. The molecule has 5 rings (SSSR count). The number of hydrogen-bond acceptors (Lipinski definition) is 3. The highest BCUT2D eigenvalue weighted by Gasteiger charge is 2.36. The lowest BCUT2D eigenvalue weighted by atomic mass is 9.82. The Labute approximate surface area is 181 Å². The molecule has 5 nitrogen and oxygen atoms in total. The average molecular weight is 415 g/mol. The molecule has 3 aromatic rings. The second-order valence-corrected chi connectivity index (χ2v) is 8.60. The highest BCUT2D eigenvalue weighted by atomic mass is 16.5. The minimum Gasteiger partial charge on any atom is -0.484 e. The van der Waals surface area contributed by atoms with Crippen molar-refractivity contribution >= 4 is 5.91 Å². The summed E-state index contributed by atoms with van der Waals surface area (Å²) in [6, 6.07) is 21.5. The first kappa shape index (κ1) is 19.6. The van der Waals surface area contributed by atoms with E-state index < -0.39 is 0 Å². The summed E-state index contributed by atoms with van der Waals surface area (Å²) in [6.45, 7) is 4.05. The Balaban J connectivity index is 1.36. The third kappa shape index (κ3) is 3.76. The van der Waals surface area contributed by atoms with Gasteiger partial charge in [-0.3, -0.25) is 9.59 Å². The molecular weight excluding hydrogens is 388 g/mol. The van der Waals surface area contributed by atoms with Crippen LogP contribution in [0, 0.1) is 12.8 Å². The molecule has 1 aromatic heterocycles. The van der Waals surface area contributed by atoms with Crippen molar-refractivity contribution in [1.82, 2.24) is 9.47 Å². The lowest BCUT2D eigenvalue weighted by Gasteiger charge is -2.42. The minimum atomic E-state index is 0.00544. The quantitative estimate of drug-likeness (QED) is 0.652. The standard InChI is InChI=1S/C26H26N2O3/c1-18-7-5-6-10-22(18)23-11-12-24-20-13-19(15-28(24)26(23)30)14-27(16-20)25(29)17-31-21-8-3-2-4-9-21/h2-12,19-20H,13-17H2,1H3/t19-,20-/m1/s1. The maximum atomic E-state index is 13.3. The van der Waals surface area contributed by atoms with Crippen molar-refractivity contribution in [1.29, 1.82) is 0 Å². The monoisotopic (exact) mass is 414 g/mol. The van der Waals surface area contributed by atoms with Gasteiger partial charge in [0.05, 0.1) is 0 Å². The summed E-state index contributed by atoms with van der Waals surface area (Å²) in [5.74, 6) is 1.18. The van der Waals surface area contributed by atoms with E-state index in [1.54, 1.807) is 0 Å². The predicted octanol–water partition coefficient (Wildman–Crippen LogP) is 3.85. The fourth-order valence-electron chi connectivity index (χ4n) is 4.98. The van der Waals surface area contributed by atoms with E-state index in [0.29, 0.717) is 25.4 Å². The Morgan fingerprint density at radius 3 is 2.52 bits per heavy atom. The van der Waals surface area contributed by atoms with Crippen LogP contribution in [0.15, 0.2) is 71.5 Å². The van der Waals surface area contributed by atoms with Crippen molar-refractivity contribution in [3.63, 3.8) is 0 Å². The van der Waals surface area contributed by atoms with Crippen LogP contribution in [0.5, 0.6) is 5.75 Å². The molecule has 2 bridgehead atoms. The number of carbonyl (C=O) groups is 1. The van der Waals surface area contributed by atoms with Crippen LogP contribution in [0.2, 0.25) is 0 Å². The maximum Gasteiger partial charge on any atom is 0.260 e. The van der Waals surface area contributed by atoms with Gasteiger partial charge in [-0.25, -0.2) is 0 Å². The first-order valence-corrected chi connectivity index (χ1v) is 10.9. The number of likely N-dealkylation sites (tertiary alicyclic amines) is 1. The summed E-state index contributed by atoms with van der Waals surface area (Å²) in [7, 11) is 0. The molecule has 5 heteroatoms. The first-order valence-electron chi connectivity index (χ1n) is 10.9. The van der Waals surface area contributed by atoms with Gasteiger partial charge in [-0.1, -0.05) is 42.5 Å². The zero-order valence-electron chi connectivity index (χ0n) is 17.7. The summed E-state index contributed by atoms with van der Waals surface area (Å²) in [6.07, 6.45) is 1.02. The van der Waals surface area contributed by atoms with Crippen LogP contribution in [-0.4, -0.2) is 35.1 Å². The molecule has 2 atom stereocenters. The van der Waals surface area contributed by atoms with Gasteiger partial charge in [0.15, 0.2) is 6.61 Å². The molecule has 3 heterocycles. The Kier molecular flexibility index (Phi) is 5.10. The number of aromatic nitrogens is 1. The number of carbonyl (C=O) groups excluding carboxylic acids is 1. The van der Waals surface area contributed by atoms with Crippen LogP contribution in [0.1, 0.15) is 23.6 Å². The molecule has 158 valence electrons. The van der Waals surface area contributed by atoms with Gasteiger partial charge in [0, 0.05) is 36.8 Å². The second kappa shape index (κ2) is 8.06. The Hall–Kier alpha value is -3.34. The van der Waals surface area contributed by atoms with Crippen LogP contribution in [0.25, 0.3) is 11.1 Å². The summed E-state index contributed by atoms with van der Waals surface area (Å²) in [5, 5.41) is 0. The van der Waals surface area contributed by atoms with Gasteiger partial charge in [-0.15, -0.1) is 0 Å². The van der Waals surface area contributed by atoms with Crippen molar-refractivity contribution in [2.24, 2.45) is 5.92 Å². The van der Waals surface area contributed by atoms with E-state index in [2.05, 4.69) is 6.07 Å². The van der Waals surface area contributed by atoms with E-state index in [1.165, 1.54) is 0 Å². The molecular formula is C26H26N2O3. The smallest absolute Gasteiger partial charge is 0.260 e. The summed E-state index contributed by atoms with van der Waals surface area (Å²) < 4.78 is 7.61. The van der Waals surface area contributed by atoms with E-state index in [0.717, 1.165) is 28.8 Å². The van der Waals surface area contributed by atoms with E-state index in [4.69, 9.17) is 4.74 Å². The molecule has 2 aliphatic rings. The number of aryl methyl sites for hydroxylation is 1. The fourth-order valence-corrected chi connectivity index (χ4v) is 4.98. The van der Waals surface area contributed by atoms with Crippen molar-refractivity contribution in [2.75, 3.05) is 19.7 Å². The third-order valence-electron chi connectivity index (χ3n) is 6.50. The predicted molar refractivity (Wildman–Crippen MR) is 120 cm³/mol. The van der Waals surface area contributed by atoms with Crippen molar-refractivity contribution in [3.8, 4) is 16.9 Å². The largest absolute Gasteiger partial charge is 0.484 e. The van der Waals surface area contributed by atoms with Crippen LogP contribution < -0.4 is 10.3 Å². The van der Waals surface area contributed by atoms with Crippen LogP contribution in [0.4, 0.5) is 0 Å². The van der Waals surface area contributed by atoms with E-state index in [9.17, 15) is 9.59 Å². The topological polar surface area (TPSA) is 51.5 Å². The van der Waals surface area contributed by atoms with Crippen molar-refractivity contribution in [2.45, 2.75) is 25.8 Å². The normalized spacial score (nSPS) is 19.6. The number of ether oxygens (including phenoxy) is 1. The van der Waals surface area contributed by atoms with Gasteiger partial charge in [0.25, 0.3) is 11.5 Å². The average Bonchev–Trinajstić information content (AvgIpc) is 2.79. The van der Waals surface area contributed by atoms with Gasteiger partial charge >= 0.3 is 0 Å². The number of benzene rings is 2. The molecule has 1 amide bonds. The zero-order valence-corrected chi connectivity index (χ0v) is 17.7. The molecule has 0 spiro atoms. The molecule has 2 aliphatic heterocycles. The Morgan fingerprint density at radius 1 is 0.935 bits per heavy atom. The number of fused-ring (bicyclic) bond motifs is 4. The third-order valence-corrected chi connectivity index (χ3v) is 6.50. The summed E-state index contributed by atoms with van der Waals surface area (Å²) in [4.78, 5) is 28.0. The zero-order chi connectivity index (χ0) is 21.4. The fraction of sp³-hybridized carbons (Fsp3) is 0.308. The number of pyridine rings is 1. The van der Waals surface area contributed by atoms with Crippen LogP contribution in [0.3, 0.4) is 0 Å².